The van der Waals surface area contributed by atoms with E-state index in [0.29, 0.717) is 16.3 Å². The van der Waals surface area contributed by atoms with Crippen LogP contribution in [0, 0.1) is 6.92 Å². The number of carbonyl (C=O) groups excluding carboxylic acids is 2. The summed E-state index contributed by atoms with van der Waals surface area (Å²) in [6.07, 6.45) is 0. The van der Waals surface area contributed by atoms with Gasteiger partial charge in [0.05, 0.1) is 12.8 Å². The van der Waals surface area contributed by atoms with Crippen LogP contribution in [0.4, 0.5) is 5.69 Å². The number of esters is 1. The first kappa shape index (κ1) is 13.6. The maximum atomic E-state index is 11.6. The molecule has 2 heterocycles. The zero-order valence-corrected chi connectivity index (χ0v) is 12.4. The Bertz CT molecular complexity index is 735. The molecule has 0 radical (unpaired) electrons. The lowest BCUT2D eigenvalue weighted by atomic mass is 10.0. The van der Waals surface area contributed by atoms with Crippen LogP contribution in [0.1, 0.15) is 14.5 Å². The number of fused-ring (bicyclic) bond motifs is 1. The van der Waals surface area contributed by atoms with Gasteiger partial charge >= 0.3 is 5.97 Å². The van der Waals surface area contributed by atoms with Gasteiger partial charge in [-0.2, -0.15) is 0 Å². The van der Waals surface area contributed by atoms with Gasteiger partial charge in [-0.3, -0.25) is 4.79 Å². The average molecular weight is 303 g/mol. The number of hydrogen-bond acceptors (Lipinski definition) is 5. The van der Waals surface area contributed by atoms with Crippen molar-refractivity contribution in [1.82, 2.24) is 0 Å². The number of thiophene rings is 1. The highest BCUT2D eigenvalue weighted by Crippen LogP contribution is 2.36. The topological polar surface area (TPSA) is 64.6 Å². The summed E-state index contributed by atoms with van der Waals surface area (Å²) in [4.78, 5) is 24.5. The molecule has 6 heteroatoms. The van der Waals surface area contributed by atoms with Gasteiger partial charge in [0.1, 0.15) is 10.6 Å². The summed E-state index contributed by atoms with van der Waals surface area (Å²) in [5.74, 6) is 0.139. The molecule has 5 nitrogen and oxygen atoms in total. The second-order valence-electron chi connectivity index (χ2n) is 4.62. The van der Waals surface area contributed by atoms with Gasteiger partial charge in [-0.15, -0.1) is 11.3 Å². The van der Waals surface area contributed by atoms with E-state index >= 15 is 0 Å². The van der Waals surface area contributed by atoms with Gasteiger partial charge < -0.3 is 14.8 Å². The molecular formula is C15H13NO4S. The second kappa shape index (κ2) is 5.21. The molecule has 0 saturated carbocycles. The number of methoxy groups -OCH3 is 1. The van der Waals surface area contributed by atoms with Crippen LogP contribution in [0.25, 0.3) is 11.1 Å². The van der Waals surface area contributed by atoms with E-state index in [9.17, 15) is 9.59 Å². The highest BCUT2D eigenvalue weighted by molar-refractivity contribution is 7.14. The zero-order chi connectivity index (χ0) is 15.0. The van der Waals surface area contributed by atoms with Crippen LogP contribution < -0.4 is 10.1 Å². The molecule has 0 atom stereocenters. The van der Waals surface area contributed by atoms with Crippen LogP contribution in [0.5, 0.6) is 5.75 Å². The van der Waals surface area contributed by atoms with Gasteiger partial charge in [-0.05, 0) is 36.2 Å². The third-order valence-corrected chi connectivity index (χ3v) is 4.26. The first-order chi connectivity index (χ1) is 10.1. The van der Waals surface area contributed by atoms with Crippen molar-refractivity contribution in [2.75, 3.05) is 19.0 Å². The molecule has 21 heavy (non-hydrogen) atoms. The van der Waals surface area contributed by atoms with Gasteiger partial charge in [0.15, 0.2) is 6.61 Å². The Morgan fingerprint density at radius 3 is 2.95 bits per heavy atom. The van der Waals surface area contributed by atoms with Crippen LogP contribution in [-0.4, -0.2) is 25.6 Å². The number of anilines is 1. The van der Waals surface area contributed by atoms with E-state index in [1.165, 1.54) is 18.4 Å². The molecule has 1 aliphatic rings. The fourth-order valence-corrected chi connectivity index (χ4v) is 3.18. The highest BCUT2D eigenvalue weighted by atomic mass is 32.1. The standard InChI is InChI=1S/C15H13NO4S/c1-8-10(6-13(21-8)15(18)19-2)9-3-4-12-11(5-9)16-14(17)7-20-12/h3-6H,7H2,1-2H3,(H,16,17). The van der Waals surface area contributed by atoms with Gasteiger partial charge in [-0.1, -0.05) is 6.07 Å². The minimum Gasteiger partial charge on any atom is -0.482 e. The van der Waals surface area contributed by atoms with Crippen LogP contribution in [-0.2, 0) is 9.53 Å². The quantitative estimate of drug-likeness (QED) is 0.866. The van der Waals surface area contributed by atoms with E-state index in [-0.39, 0.29) is 18.5 Å². The smallest absolute Gasteiger partial charge is 0.348 e. The summed E-state index contributed by atoms with van der Waals surface area (Å²) in [5, 5.41) is 2.78. The number of hydrogen-bond donors (Lipinski definition) is 1. The van der Waals surface area contributed by atoms with Gasteiger partial charge in [0.2, 0.25) is 0 Å². The zero-order valence-electron chi connectivity index (χ0n) is 11.6. The number of amides is 1. The Labute approximate surface area is 125 Å². The molecule has 0 unspecified atom stereocenters. The second-order valence-corrected chi connectivity index (χ2v) is 5.88. The number of carbonyl (C=O) groups is 2. The molecule has 1 N–H and O–H groups in total. The van der Waals surface area contributed by atoms with Crippen molar-refractivity contribution in [3.05, 3.63) is 34.0 Å². The third kappa shape index (κ3) is 2.50. The molecule has 1 amide bonds. The summed E-state index contributed by atoms with van der Waals surface area (Å²) in [6.45, 7) is 1.98. The Balaban J connectivity index is 2.01. The molecular weight excluding hydrogens is 290 g/mol. The van der Waals surface area contributed by atoms with Crippen molar-refractivity contribution in [1.29, 1.82) is 0 Å². The predicted molar refractivity (Wildman–Crippen MR) is 80.0 cm³/mol. The van der Waals surface area contributed by atoms with Crippen LogP contribution in [0.15, 0.2) is 24.3 Å². The van der Waals surface area contributed by atoms with Crippen molar-refractivity contribution in [2.24, 2.45) is 0 Å². The summed E-state index contributed by atoms with van der Waals surface area (Å²) in [6, 6.07) is 7.38. The predicted octanol–water partition coefficient (Wildman–Crippen LogP) is 2.84. The number of benzene rings is 1. The molecule has 0 saturated heterocycles. The Kier molecular flexibility index (Phi) is 3.39. The van der Waals surface area contributed by atoms with E-state index in [1.807, 2.05) is 25.1 Å². The maximum Gasteiger partial charge on any atom is 0.348 e. The molecule has 2 aromatic rings. The van der Waals surface area contributed by atoms with E-state index in [0.717, 1.165) is 16.0 Å². The van der Waals surface area contributed by atoms with E-state index in [2.05, 4.69) is 5.32 Å². The number of ether oxygens (including phenoxy) is 2. The summed E-state index contributed by atoms with van der Waals surface area (Å²) in [7, 11) is 1.36. The lowest BCUT2D eigenvalue weighted by molar-refractivity contribution is -0.118. The van der Waals surface area contributed by atoms with Crippen LogP contribution in [0.2, 0.25) is 0 Å². The lowest BCUT2D eigenvalue weighted by Crippen LogP contribution is -2.25. The van der Waals surface area contributed by atoms with Crippen LogP contribution >= 0.6 is 11.3 Å². The van der Waals surface area contributed by atoms with E-state index in [1.54, 1.807) is 6.07 Å². The third-order valence-electron chi connectivity index (χ3n) is 3.23. The minimum atomic E-state index is -0.344. The molecule has 1 aliphatic heterocycles. The average Bonchev–Trinajstić information content (AvgIpc) is 2.87. The first-order valence-electron chi connectivity index (χ1n) is 6.34. The number of rotatable bonds is 2. The normalized spacial score (nSPS) is 13.1. The highest BCUT2D eigenvalue weighted by Gasteiger charge is 2.18. The number of aryl methyl sites for hydroxylation is 1. The molecule has 0 fully saturated rings. The minimum absolute atomic E-state index is 0.0380. The molecule has 0 aliphatic carbocycles. The Hall–Kier alpha value is -2.34. The molecule has 3 rings (SSSR count). The fourth-order valence-electron chi connectivity index (χ4n) is 2.22. The van der Waals surface area contributed by atoms with E-state index < -0.39 is 0 Å². The Morgan fingerprint density at radius 1 is 1.38 bits per heavy atom. The van der Waals surface area contributed by atoms with Gasteiger partial charge in [0.25, 0.3) is 5.91 Å². The monoisotopic (exact) mass is 303 g/mol. The van der Waals surface area contributed by atoms with Crippen molar-refractivity contribution in [2.45, 2.75) is 6.92 Å². The summed E-state index contributed by atoms with van der Waals surface area (Å²) < 4.78 is 10.1. The molecule has 1 aromatic carbocycles. The molecule has 0 bridgehead atoms. The number of nitrogens with one attached hydrogen (secondary N) is 1. The van der Waals surface area contributed by atoms with Gasteiger partial charge in [0, 0.05) is 4.88 Å². The molecule has 1 aromatic heterocycles. The van der Waals surface area contributed by atoms with Crippen molar-refractivity contribution in [3.63, 3.8) is 0 Å². The summed E-state index contributed by atoms with van der Waals surface area (Å²) in [5.41, 5.74) is 2.51. The fraction of sp³-hybridized carbons (Fsp3) is 0.200. The Morgan fingerprint density at radius 2 is 2.19 bits per heavy atom. The largest absolute Gasteiger partial charge is 0.482 e. The van der Waals surface area contributed by atoms with Gasteiger partial charge in [-0.25, -0.2) is 4.79 Å². The maximum absolute atomic E-state index is 11.6. The van der Waals surface area contributed by atoms with Crippen molar-refractivity contribution < 1.29 is 19.1 Å². The first-order valence-corrected chi connectivity index (χ1v) is 7.16. The molecule has 0 spiro atoms. The van der Waals surface area contributed by atoms with Crippen molar-refractivity contribution in [3.8, 4) is 16.9 Å². The lowest BCUT2D eigenvalue weighted by Gasteiger charge is -2.18. The summed E-state index contributed by atoms with van der Waals surface area (Å²) >= 11 is 1.39. The van der Waals surface area contributed by atoms with Crippen LogP contribution in [0.3, 0.4) is 0 Å². The van der Waals surface area contributed by atoms with E-state index in [4.69, 9.17) is 9.47 Å². The van der Waals surface area contributed by atoms with Crippen molar-refractivity contribution >= 4 is 28.9 Å². The SMILES string of the molecule is COC(=O)c1cc(-c2ccc3c(c2)NC(=O)CO3)c(C)s1. The molecule has 108 valence electrons.